The summed E-state index contributed by atoms with van der Waals surface area (Å²) in [6, 6.07) is 12.8. The highest BCUT2D eigenvalue weighted by atomic mass is 19.4. The van der Waals surface area contributed by atoms with Gasteiger partial charge in [-0.25, -0.2) is 4.79 Å². The first-order valence-electron chi connectivity index (χ1n) is 15.6. The van der Waals surface area contributed by atoms with Gasteiger partial charge in [0.25, 0.3) is 0 Å². The van der Waals surface area contributed by atoms with E-state index in [1.807, 2.05) is 30.3 Å². The van der Waals surface area contributed by atoms with E-state index < -0.39 is 47.6 Å². The SMILES string of the molecule is CC(C)[C@H](NC(=O)Cn1c(O)c(Cc2ccccc2)n(CCN2CCOCC2)c1=O)C(=O)c1noc(Cc2cccc(C(F)(F)F)c2)n1. The van der Waals surface area contributed by atoms with Crippen molar-refractivity contribution in [3.05, 3.63) is 99.2 Å². The van der Waals surface area contributed by atoms with E-state index in [0.717, 1.165) is 35.4 Å². The lowest BCUT2D eigenvalue weighted by atomic mass is 9.99. The second-order valence-corrected chi connectivity index (χ2v) is 11.9. The minimum atomic E-state index is -4.52. The van der Waals surface area contributed by atoms with Crippen LogP contribution in [-0.4, -0.2) is 79.9 Å². The zero-order valence-corrected chi connectivity index (χ0v) is 26.6. The third-order valence-corrected chi connectivity index (χ3v) is 8.12. The molecule has 2 aromatic carbocycles. The molecule has 12 nitrogen and oxygen atoms in total. The highest BCUT2D eigenvalue weighted by Gasteiger charge is 2.32. The van der Waals surface area contributed by atoms with E-state index in [9.17, 15) is 32.7 Å². The molecule has 0 bridgehead atoms. The number of rotatable bonds is 13. The largest absolute Gasteiger partial charge is 0.493 e. The van der Waals surface area contributed by atoms with Crippen LogP contribution in [0.15, 0.2) is 63.9 Å². The molecule has 1 fully saturated rings. The second kappa shape index (κ2) is 15.0. The highest BCUT2D eigenvalue weighted by molar-refractivity contribution is 5.99. The summed E-state index contributed by atoms with van der Waals surface area (Å²) in [5.41, 5.74) is 0.0983. The van der Waals surface area contributed by atoms with Crippen molar-refractivity contribution in [3.8, 4) is 5.88 Å². The van der Waals surface area contributed by atoms with Crippen LogP contribution in [-0.2, 0) is 41.6 Å². The predicted molar refractivity (Wildman–Crippen MR) is 167 cm³/mol. The number of ketones is 1. The molecule has 2 aromatic heterocycles. The molecule has 48 heavy (non-hydrogen) atoms. The normalized spacial score (nSPS) is 14.7. The van der Waals surface area contributed by atoms with Crippen LogP contribution in [0.3, 0.4) is 0 Å². The van der Waals surface area contributed by atoms with Crippen LogP contribution < -0.4 is 11.0 Å². The van der Waals surface area contributed by atoms with Crippen molar-refractivity contribution in [2.45, 2.75) is 52.0 Å². The quantitative estimate of drug-likeness (QED) is 0.205. The van der Waals surface area contributed by atoms with Gasteiger partial charge in [0.1, 0.15) is 6.54 Å². The van der Waals surface area contributed by atoms with Crippen molar-refractivity contribution in [2.75, 3.05) is 32.8 Å². The Morgan fingerprint density at radius 1 is 0.979 bits per heavy atom. The van der Waals surface area contributed by atoms with Crippen LogP contribution in [0.4, 0.5) is 13.2 Å². The molecular weight excluding hydrogens is 633 g/mol. The highest BCUT2D eigenvalue weighted by Crippen LogP contribution is 2.30. The van der Waals surface area contributed by atoms with Gasteiger partial charge in [-0.15, -0.1) is 0 Å². The Bertz CT molecular complexity index is 1780. The maximum absolute atomic E-state index is 13.6. The molecule has 1 aliphatic rings. The van der Waals surface area contributed by atoms with Gasteiger partial charge < -0.3 is 19.7 Å². The number of carbonyl (C=O) groups excluding carboxylic acids is 2. The number of nitrogens with zero attached hydrogens (tertiary/aromatic N) is 5. The number of alkyl halides is 3. The lowest BCUT2D eigenvalue weighted by molar-refractivity contribution is -0.137. The van der Waals surface area contributed by atoms with Crippen molar-refractivity contribution < 1.29 is 37.1 Å². The minimum Gasteiger partial charge on any atom is -0.493 e. The summed E-state index contributed by atoms with van der Waals surface area (Å²) >= 11 is 0. The minimum absolute atomic E-state index is 0.0765. The first-order valence-corrected chi connectivity index (χ1v) is 15.6. The maximum atomic E-state index is 13.6. The van der Waals surface area contributed by atoms with Gasteiger partial charge in [0.15, 0.2) is 0 Å². The Morgan fingerprint density at radius 3 is 2.38 bits per heavy atom. The van der Waals surface area contributed by atoms with Crippen molar-refractivity contribution in [2.24, 2.45) is 5.92 Å². The Morgan fingerprint density at radius 2 is 1.69 bits per heavy atom. The number of morpholine rings is 1. The van der Waals surface area contributed by atoms with Crippen LogP contribution in [0.5, 0.6) is 5.88 Å². The van der Waals surface area contributed by atoms with Gasteiger partial charge in [0, 0.05) is 32.6 Å². The van der Waals surface area contributed by atoms with Crippen molar-refractivity contribution in [3.63, 3.8) is 0 Å². The summed E-state index contributed by atoms with van der Waals surface area (Å²) < 4.78 is 52.3. The molecule has 5 rings (SSSR count). The number of aromatic nitrogens is 4. The van der Waals surface area contributed by atoms with E-state index in [1.165, 1.54) is 16.7 Å². The summed E-state index contributed by atoms with van der Waals surface area (Å²) in [5, 5.41) is 17.5. The monoisotopic (exact) mass is 670 g/mol. The molecule has 0 aliphatic carbocycles. The van der Waals surface area contributed by atoms with E-state index in [0.29, 0.717) is 25.5 Å². The molecule has 2 N–H and O–H groups in total. The molecule has 15 heteroatoms. The molecule has 1 saturated heterocycles. The smallest absolute Gasteiger partial charge is 0.416 e. The van der Waals surface area contributed by atoms with E-state index in [1.54, 1.807) is 13.8 Å². The van der Waals surface area contributed by atoms with E-state index >= 15 is 0 Å². The molecule has 1 atom stereocenters. The topological polar surface area (TPSA) is 145 Å². The Kier molecular flexibility index (Phi) is 10.8. The fraction of sp³-hybridized carbons (Fsp3) is 0.424. The van der Waals surface area contributed by atoms with Crippen LogP contribution in [0.25, 0.3) is 0 Å². The van der Waals surface area contributed by atoms with Gasteiger partial charge in [-0.3, -0.25) is 23.6 Å². The number of nitrogens with one attached hydrogen (secondary N) is 1. The number of carbonyl (C=O) groups is 2. The molecule has 1 aliphatic heterocycles. The summed E-state index contributed by atoms with van der Waals surface area (Å²) in [6.07, 6.45) is -4.40. The van der Waals surface area contributed by atoms with Crippen LogP contribution in [0, 0.1) is 5.92 Å². The van der Waals surface area contributed by atoms with E-state index in [2.05, 4.69) is 20.4 Å². The average Bonchev–Trinajstić information content (AvgIpc) is 3.61. The molecule has 0 saturated carbocycles. The van der Waals surface area contributed by atoms with Gasteiger partial charge in [-0.05, 0) is 23.1 Å². The van der Waals surface area contributed by atoms with Crippen LogP contribution >= 0.6 is 0 Å². The van der Waals surface area contributed by atoms with Crippen molar-refractivity contribution >= 4 is 11.7 Å². The molecule has 0 radical (unpaired) electrons. The zero-order valence-electron chi connectivity index (χ0n) is 26.6. The first kappa shape index (κ1) is 34.6. The maximum Gasteiger partial charge on any atom is 0.416 e. The number of Topliss-reactive ketones (excluding diaryl/α,β-unsaturated/α-hetero) is 1. The molecule has 0 unspecified atom stereocenters. The molecule has 0 spiro atoms. The van der Waals surface area contributed by atoms with Gasteiger partial charge >= 0.3 is 11.9 Å². The summed E-state index contributed by atoms with van der Waals surface area (Å²) in [7, 11) is 0. The first-order chi connectivity index (χ1) is 22.9. The lowest BCUT2D eigenvalue weighted by Gasteiger charge is -2.26. The van der Waals surface area contributed by atoms with Gasteiger partial charge in [0.2, 0.25) is 29.3 Å². The number of hydrogen-bond acceptors (Lipinski definition) is 9. The third kappa shape index (κ3) is 8.39. The van der Waals surface area contributed by atoms with Gasteiger partial charge in [-0.1, -0.05) is 67.5 Å². The molecule has 256 valence electrons. The Labute approximate surface area is 274 Å². The number of aromatic hydroxyl groups is 1. The average molecular weight is 671 g/mol. The molecular formula is C33H37F3N6O6. The van der Waals surface area contributed by atoms with Crippen LogP contribution in [0.1, 0.15) is 52.7 Å². The zero-order chi connectivity index (χ0) is 34.4. The lowest BCUT2D eigenvalue weighted by Crippen LogP contribution is -2.46. The number of amides is 1. The molecule has 4 aromatic rings. The number of hydrogen-bond donors (Lipinski definition) is 2. The number of benzene rings is 2. The van der Waals surface area contributed by atoms with E-state index in [-0.39, 0.29) is 42.5 Å². The Balaban J connectivity index is 1.31. The summed E-state index contributed by atoms with van der Waals surface area (Å²) in [4.78, 5) is 46.5. The molecule has 3 heterocycles. The van der Waals surface area contributed by atoms with Crippen molar-refractivity contribution in [1.29, 1.82) is 0 Å². The summed E-state index contributed by atoms with van der Waals surface area (Å²) in [5.74, 6) is -2.59. The van der Waals surface area contributed by atoms with Crippen molar-refractivity contribution in [1.82, 2.24) is 29.5 Å². The number of ether oxygens (including phenoxy) is 1. The Hall–Kier alpha value is -4.76. The third-order valence-electron chi connectivity index (χ3n) is 8.12. The van der Waals surface area contributed by atoms with Gasteiger partial charge in [0.05, 0.1) is 36.9 Å². The van der Waals surface area contributed by atoms with Gasteiger partial charge in [-0.2, -0.15) is 18.2 Å². The molecule has 1 amide bonds. The fourth-order valence-corrected chi connectivity index (χ4v) is 5.53. The number of imidazole rings is 1. The van der Waals surface area contributed by atoms with Crippen LogP contribution in [0.2, 0.25) is 0 Å². The van der Waals surface area contributed by atoms with E-state index in [4.69, 9.17) is 9.26 Å². The standard InChI is InChI=1S/C33H37F3N6O6/c1-21(2)28(29(44)30-38-27(48-39-30)19-23-9-6-10-24(17-23)33(34,35)36)37-26(43)20-42-31(45)25(18-22-7-4-3-5-8-22)41(32(42)46)12-11-40-13-15-47-16-14-40/h3-10,17,21,28,45H,11-16,18-20H2,1-2H3,(H,37,43)/t28-/m0/s1. The second-order valence-electron chi connectivity index (χ2n) is 11.9. The predicted octanol–water partition coefficient (Wildman–Crippen LogP) is 3.29. The summed E-state index contributed by atoms with van der Waals surface area (Å²) in [6.45, 7) is 6.28. The fourth-order valence-electron chi connectivity index (χ4n) is 5.53. The number of halogens is 3.